The first-order chi connectivity index (χ1) is 37.6. The van der Waals surface area contributed by atoms with Gasteiger partial charge in [0.15, 0.2) is 34.9 Å². The molecule has 9 aromatic carbocycles. The van der Waals surface area contributed by atoms with E-state index in [1.807, 2.05) is 146 Å². The van der Waals surface area contributed by atoms with Crippen LogP contribution in [0.4, 0.5) is 0 Å². The van der Waals surface area contributed by atoms with Crippen LogP contribution in [0, 0.1) is 11.3 Å². The second-order valence-corrected chi connectivity index (χ2v) is 18.5. The number of aromatic nitrogens is 9. The summed E-state index contributed by atoms with van der Waals surface area (Å²) in [5.41, 5.74) is 13.4. The Morgan fingerprint density at radius 2 is 0.671 bits per heavy atom. The zero-order valence-electron chi connectivity index (χ0n) is 40.6. The van der Waals surface area contributed by atoms with E-state index in [1.54, 1.807) is 0 Å². The van der Waals surface area contributed by atoms with Crippen LogP contribution >= 0.6 is 0 Å². The van der Waals surface area contributed by atoms with Crippen molar-refractivity contribution in [2.45, 2.75) is 0 Å². The molecule has 10 heteroatoms. The fourth-order valence-corrected chi connectivity index (χ4v) is 10.4. The summed E-state index contributed by atoms with van der Waals surface area (Å²) in [7, 11) is 0. The van der Waals surface area contributed by atoms with Crippen LogP contribution in [-0.4, -0.2) is 44.0 Å². The van der Waals surface area contributed by atoms with Gasteiger partial charge in [-0.1, -0.05) is 158 Å². The molecule has 14 rings (SSSR count). The lowest BCUT2D eigenvalue weighted by molar-refractivity contribution is 1.07. The molecular formula is C66H40N10. The van der Waals surface area contributed by atoms with Crippen LogP contribution < -0.4 is 0 Å². The molecule has 0 saturated heterocycles. The molecule has 0 amide bonds. The molecular weight excluding hydrogens is 933 g/mol. The molecule has 5 heterocycles. The Labute approximate surface area is 436 Å². The van der Waals surface area contributed by atoms with Crippen LogP contribution in [-0.2, 0) is 0 Å². The summed E-state index contributed by atoms with van der Waals surface area (Å²) in [6.45, 7) is 0. The molecule has 0 atom stereocenters. The molecule has 0 aliphatic heterocycles. The maximum atomic E-state index is 10.5. The molecule has 10 nitrogen and oxygen atoms in total. The van der Waals surface area contributed by atoms with Gasteiger partial charge in [-0.05, 0) is 72.8 Å². The summed E-state index contributed by atoms with van der Waals surface area (Å²) in [6.07, 6.45) is 3.74. The van der Waals surface area contributed by atoms with Gasteiger partial charge in [-0.3, -0.25) is 4.98 Å². The summed E-state index contributed by atoms with van der Waals surface area (Å²) < 4.78 is 4.59. The van der Waals surface area contributed by atoms with Crippen molar-refractivity contribution >= 4 is 43.6 Å². The molecule has 0 bridgehead atoms. The summed E-state index contributed by atoms with van der Waals surface area (Å²) in [5, 5.41) is 14.7. The Bertz CT molecular complexity index is 4470. The monoisotopic (exact) mass is 972 g/mol. The first kappa shape index (κ1) is 44.0. The van der Waals surface area contributed by atoms with Crippen molar-refractivity contribution in [2.75, 3.05) is 0 Å². The van der Waals surface area contributed by atoms with Gasteiger partial charge in [0.2, 0.25) is 0 Å². The minimum atomic E-state index is 0.531. The zero-order valence-corrected chi connectivity index (χ0v) is 40.6. The van der Waals surface area contributed by atoms with Crippen molar-refractivity contribution in [2.24, 2.45) is 0 Å². The number of pyridine rings is 1. The number of benzene rings is 9. The van der Waals surface area contributed by atoms with E-state index >= 15 is 0 Å². The van der Waals surface area contributed by atoms with E-state index in [-0.39, 0.29) is 0 Å². The first-order valence-corrected chi connectivity index (χ1v) is 24.9. The Balaban J connectivity index is 0.935. The lowest BCUT2D eigenvalue weighted by Gasteiger charge is -2.18. The summed E-state index contributed by atoms with van der Waals surface area (Å²) in [4.78, 5) is 35.0. The van der Waals surface area contributed by atoms with E-state index in [0.29, 0.717) is 40.5 Å². The highest BCUT2D eigenvalue weighted by Crippen LogP contribution is 2.42. The highest BCUT2D eigenvalue weighted by Gasteiger charge is 2.23. The molecule has 0 aliphatic carbocycles. The predicted molar refractivity (Wildman–Crippen MR) is 302 cm³/mol. The number of hydrogen-bond donors (Lipinski definition) is 0. The molecule has 0 fully saturated rings. The first-order valence-electron chi connectivity index (χ1n) is 24.9. The van der Waals surface area contributed by atoms with Crippen molar-refractivity contribution in [3.63, 3.8) is 0 Å². The lowest BCUT2D eigenvalue weighted by atomic mass is 10.00. The van der Waals surface area contributed by atoms with E-state index in [4.69, 9.17) is 34.9 Å². The third kappa shape index (κ3) is 7.63. The molecule has 0 unspecified atom stereocenters. The van der Waals surface area contributed by atoms with Crippen molar-refractivity contribution in [3.8, 4) is 96.9 Å². The van der Waals surface area contributed by atoms with Crippen molar-refractivity contribution in [1.82, 2.24) is 44.0 Å². The van der Waals surface area contributed by atoms with Crippen LogP contribution in [0.15, 0.2) is 243 Å². The fraction of sp³-hybridized carbons (Fsp3) is 0. The van der Waals surface area contributed by atoms with Gasteiger partial charge in [-0.25, -0.2) is 29.9 Å². The predicted octanol–water partition coefficient (Wildman–Crippen LogP) is 15.2. The quantitative estimate of drug-likeness (QED) is 0.140. The number of fused-ring (bicyclic) bond motifs is 6. The third-order valence-electron chi connectivity index (χ3n) is 14.0. The average Bonchev–Trinajstić information content (AvgIpc) is 4.13. The van der Waals surface area contributed by atoms with Crippen LogP contribution in [0.1, 0.15) is 5.56 Å². The van der Waals surface area contributed by atoms with Crippen LogP contribution in [0.3, 0.4) is 0 Å². The van der Waals surface area contributed by atoms with E-state index in [1.165, 1.54) is 0 Å². The van der Waals surface area contributed by atoms with Gasteiger partial charge in [0.25, 0.3) is 0 Å². The molecule has 0 spiro atoms. The van der Waals surface area contributed by atoms with Gasteiger partial charge >= 0.3 is 0 Å². The topological polar surface area (TPSA) is 124 Å². The summed E-state index contributed by atoms with van der Waals surface area (Å²) in [6, 6.07) is 80.2. The van der Waals surface area contributed by atoms with Crippen LogP contribution in [0.5, 0.6) is 0 Å². The molecule has 0 radical (unpaired) electrons. The molecule has 14 aromatic rings. The van der Waals surface area contributed by atoms with E-state index in [0.717, 1.165) is 99.5 Å². The Hall–Kier alpha value is -10.8. The number of hydrogen-bond acceptors (Lipinski definition) is 8. The van der Waals surface area contributed by atoms with Crippen molar-refractivity contribution in [1.29, 1.82) is 5.26 Å². The largest absolute Gasteiger partial charge is 0.309 e. The molecule has 0 saturated carbocycles. The van der Waals surface area contributed by atoms with Gasteiger partial charge < -0.3 is 9.13 Å². The fourth-order valence-electron chi connectivity index (χ4n) is 10.4. The SMILES string of the molecule is N#Cc1ccc(-n2c3ccccc3c3cc(-c4nc(-c5ccccc5)nc(-c5ccccc5)n4)ccc32)c(-c2cnccc2-n2c3ccccc3c3cc(-c4nc(-c5ccccc5)nc(-c5ccccc5)n4)ccc32)c1. The maximum Gasteiger partial charge on any atom is 0.164 e. The normalized spacial score (nSPS) is 11.4. The minimum absolute atomic E-state index is 0.531. The number of para-hydroxylation sites is 2. The molecule has 76 heavy (non-hydrogen) atoms. The summed E-state index contributed by atoms with van der Waals surface area (Å²) in [5.74, 6) is 3.56. The minimum Gasteiger partial charge on any atom is -0.309 e. The number of nitrogens with zero attached hydrogens (tertiary/aromatic N) is 10. The van der Waals surface area contributed by atoms with Crippen LogP contribution in [0.25, 0.3) is 134 Å². The lowest BCUT2D eigenvalue weighted by Crippen LogP contribution is -2.03. The van der Waals surface area contributed by atoms with Gasteiger partial charge in [0.05, 0.1) is 45.1 Å². The van der Waals surface area contributed by atoms with Crippen molar-refractivity contribution < 1.29 is 0 Å². The molecule has 0 aliphatic rings. The van der Waals surface area contributed by atoms with Gasteiger partial charge in [0, 0.05) is 78.4 Å². The molecule has 354 valence electrons. The van der Waals surface area contributed by atoms with Gasteiger partial charge in [0.1, 0.15) is 0 Å². The van der Waals surface area contributed by atoms with Crippen molar-refractivity contribution in [3.05, 3.63) is 248 Å². The van der Waals surface area contributed by atoms with Gasteiger partial charge in [-0.2, -0.15) is 5.26 Å². The zero-order chi connectivity index (χ0) is 50.5. The molecule has 0 N–H and O–H groups in total. The number of rotatable bonds is 9. The maximum absolute atomic E-state index is 10.5. The van der Waals surface area contributed by atoms with E-state index < -0.39 is 0 Å². The Morgan fingerprint density at radius 3 is 1.09 bits per heavy atom. The Kier molecular flexibility index (Phi) is 10.6. The Morgan fingerprint density at radius 1 is 0.303 bits per heavy atom. The smallest absolute Gasteiger partial charge is 0.164 e. The second-order valence-electron chi connectivity index (χ2n) is 18.5. The van der Waals surface area contributed by atoms with Gasteiger partial charge in [-0.15, -0.1) is 0 Å². The highest BCUT2D eigenvalue weighted by atomic mass is 15.1. The molecule has 5 aromatic heterocycles. The highest BCUT2D eigenvalue weighted by molar-refractivity contribution is 6.12. The third-order valence-corrected chi connectivity index (χ3v) is 14.0. The number of nitriles is 1. The second kappa shape index (κ2) is 18.4. The summed E-state index contributed by atoms with van der Waals surface area (Å²) >= 11 is 0. The standard InChI is InChI=1S/C66H40N10/c67-40-42-29-32-57(75-55-27-15-13-25-49(55)52-38-47(30-33-58(52)75)65-71-61(43-17-5-1-6-18-43)69-62(72-65)44-19-7-2-8-20-44)51(37-42)54-41-68-36-35-60(54)76-56-28-16-14-26-50(56)53-39-48(31-34-59(53)76)66-73-63(45-21-9-3-10-22-45)70-64(74-66)46-23-11-4-12-24-46/h1-39,41H. The van der Waals surface area contributed by atoms with Crippen LogP contribution in [0.2, 0.25) is 0 Å². The van der Waals surface area contributed by atoms with E-state index in [9.17, 15) is 5.26 Å². The van der Waals surface area contributed by atoms with E-state index in [2.05, 4.69) is 112 Å². The average molecular weight is 973 g/mol.